The summed E-state index contributed by atoms with van der Waals surface area (Å²) in [5.41, 5.74) is 10.7. The third-order valence-corrected chi connectivity index (χ3v) is 7.38. The number of thiazole rings is 1. The molecule has 10 heteroatoms. The van der Waals surface area contributed by atoms with E-state index in [1.54, 1.807) is 11.3 Å². The molecule has 1 aliphatic carbocycles. The first-order valence-electron chi connectivity index (χ1n) is 12.0. The molecule has 0 amide bonds. The average Bonchev–Trinajstić information content (AvgIpc) is 3.49. The molecule has 0 aliphatic heterocycles. The molecular weight excluding hydrogens is 671 g/mol. The summed E-state index contributed by atoms with van der Waals surface area (Å²) in [6.07, 6.45) is 8.49. The van der Waals surface area contributed by atoms with Gasteiger partial charge >= 0.3 is 0 Å². The topological polar surface area (TPSA) is 104 Å². The van der Waals surface area contributed by atoms with Crippen molar-refractivity contribution in [1.29, 1.82) is 0 Å². The molecule has 1 saturated carbocycles. The molecule has 1 aromatic carbocycles. The summed E-state index contributed by atoms with van der Waals surface area (Å²) >= 11 is 1.73. The van der Waals surface area contributed by atoms with Crippen molar-refractivity contribution in [3.8, 4) is 10.6 Å². The third-order valence-electron chi connectivity index (χ3n) is 6.28. The fourth-order valence-electron chi connectivity index (χ4n) is 4.34. The third kappa shape index (κ3) is 6.40. The summed E-state index contributed by atoms with van der Waals surface area (Å²) in [5.74, 6) is 1.39. The Morgan fingerprint density at radius 1 is 1.09 bits per heavy atom. The summed E-state index contributed by atoms with van der Waals surface area (Å²) < 4.78 is 2.09. The van der Waals surface area contributed by atoms with E-state index in [1.807, 2.05) is 30.7 Å². The number of rotatable bonds is 8. The first-order chi connectivity index (χ1) is 16.6. The van der Waals surface area contributed by atoms with E-state index in [1.165, 1.54) is 4.88 Å². The predicted molar refractivity (Wildman–Crippen MR) is 139 cm³/mol. The van der Waals surface area contributed by atoms with Gasteiger partial charge in [-0.3, -0.25) is 0 Å². The van der Waals surface area contributed by atoms with Gasteiger partial charge in [-0.25, -0.2) is 9.97 Å². The number of anilines is 2. The van der Waals surface area contributed by atoms with E-state index in [-0.39, 0.29) is 56.1 Å². The number of nitrogens with one attached hydrogen (secondary N) is 3. The second-order valence-corrected chi connectivity index (χ2v) is 10.3. The molecule has 0 spiro atoms. The zero-order valence-electron chi connectivity index (χ0n) is 20.2. The summed E-state index contributed by atoms with van der Waals surface area (Å²) in [6.45, 7) is 5.00. The SMILES string of the molecule is CC(C)n1cnc2c(NCCc3cnc(-c4ccccc4)s3)nc(NC3CCC([NH-])CC3)nc21.[Ac]. The molecule has 0 saturated heterocycles. The van der Waals surface area contributed by atoms with Crippen LogP contribution in [0.15, 0.2) is 42.9 Å². The van der Waals surface area contributed by atoms with Gasteiger partial charge < -0.3 is 20.9 Å². The monoisotopic (exact) mass is 702 g/mol. The van der Waals surface area contributed by atoms with Crippen LogP contribution >= 0.6 is 11.3 Å². The van der Waals surface area contributed by atoms with E-state index < -0.39 is 0 Å². The van der Waals surface area contributed by atoms with Crippen LogP contribution in [-0.4, -0.2) is 43.1 Å². The standard InChI is InChI=1S/C25H31N8S.Ac/c1-16(2)33-15-29-21-22(31-25(32-23(21)33)30-19-10-8-18(26)9-11-19)27-13-12-20-14-28-24(34-20)17-6-4-3-5-7-17;/h3-7,14-16,18-19,26H,8-13H2,1-2H3,(H2,27,30,31,32);/q-1;. The van der Waals surface area contributed by atoms with Crippen molar-refractivity contribution in [3.63, 3.8) is 0 Å². The number of imidazole rings is 1. The van der Waals surface area contributed by atoms with Crippen LogP contribution < -0.4 is 10.6 Å². The maximum Gasteiger partial charge on any atom is 0.227 e. The van der Waals surface area contributed by atoms with Crippen LogP contribution in [0.3, 0.4) is 0 Å². The van der Waals surface area contributed by atoms with Crippen molar-refractivity contribution < 1.29 is 44.1 Å². The molecule has 4 aromatic rings. The van der Waals surface area contributed by atoms with Gasteiger partial charge in [0.15, 0.2) is 17.0 Å². The molecular formula is C25H31AcN8S-. The number of nitrogens with zero attached hydrogens (tertiary/aromatic N) is 5. The number of fused-ring (bicyclic) bond motifs is 1. The van der Waals surface area contributed by atoms with Crippen molar-refractivity contribution in [2.45, 2.75) is 64.1 Å². The van der Waals surface area contributed by atoms with Crippen molar-refractivity contribution in [2.24, 2.45) is 0 Å². The molecule has 1 fully saturated rings. The molecule has 1 radical (unpaired) electrons. The van der Waals surface area contributed by atoms with Crippen molar-refractivity contribution >= 4 is 34.3 Å². The molecule has 1 aliphatic rings. The predicted octanol–water partition coefficient (Wildman–Crippen LogP) is 5.96. The van der Waals surface area contributed by atoms with Crippen LogP contribution in [-0.2, 0) is 6.42 Å². The Morgan fingerprint density at radius 3 is 2.60 bits per heavy atom. The molecule has 0 atom stereocenters. The minimum Gasteiger partial charge on any atom is -0.675 e. The van der Waals surface area contributed by atoms with Crippen LogP contribution in [0.1, 0.15) is 50.4 Å². The minimum atomic E-state index is 0. The molecule has 35 heavy (non-hydrogen) atoms. The van der Waals surface area contributed by atoms with E-state index in [9.17, 15) is 0 Å². The zero-order chi connectivity index (χ0) is 23.5. The van der Waals surface area contributed by atoms with Gasteiger partial charge in [0.25, 0.3) is 0 Å². The largest absolute Gasteiger partial charge is 0.675 e. The Labute approximate surface area is 246 Å². The number of hydrogen-bond acceptors (Lipinski definition) is 7. The van der Waals surface area contributed by atoms with Crippen LogP contribution in [0.4, 0.5) is 11.8 Å². The van der Waals surface area contributed by atoms with Gasteiger partial charge in [0.2, 0.25) is 5.95 Å². The van der Waals surface area contributed by atoms with Crippen molar-refractivity contribution in [1.82, 2.24) is 24.5 Å². The molecule has 3 heterocycles. The van der Waals surface area contributed by atoms with Gasteiger partial charge in [0.05, 0.1) is 6.33 Å². The Kier molecular flexibility index (Phi) is 9.14. The van der Waals surface area contributed by atoms with E-state index in [2.05, 4.69) is 51.1 Å². The molecule has 5 rings (SSSR count). The Hall–Kier alpha value is -1.60. The number of benzene rings is 1. The summed E-state index contributed by atoms with van der Waals surface area (Å²) in [5, 5.41) is 8.07. The maximum atomic E-state index is 7.95. The van der Waals surface area contributed by atoms with E-state index in [0.717, 1.165) is 66.2 Å². The molecule has 181 valence electrons. The maximum absolute atomic E-state index is 7.95. The molecule has 8 nitrogen and oxygen atoms in total. The quantitative estimate of drug-likeness (QED) is 0.235. The van der Waals surface area contributed by atoms with E-state index in [0.29, 0.717) is 12.0 Å². The van der Waals surface area contributed by atoms with Crippen LogP contribution in [0.5, 0.6) is 0 Å². The van der Waals surface area contributed by atoms with Crippen LogP contribution in [0.2, 0.25) is 0 Å². The van der Waals surface area contributed by atoms with Gasteiger partial charge in [-0.2, -0.15) is 9.97 Å². The summed E-state index contributed by atoms with van der Waals surface area (Å²) in [7, 11) is 0. The van der Waals surface area contributed by atoms with E-state index >= 15 is 0 Å². The smallest absolute Gasteiger partial charge is 0.227 e. The number of aromatic nitrogens is 5. The van der Waals surface area contributed by atoms with Gasteiger partial charge in [0.1, 0.15) is 5.01 Å². The second kappa shape index (κ2) is 12.1. The normalized spacial score (nSPS) is 17.9. The molecule has 0 bridgehead atoms. The second-order valence-electron chi connectivity index (χ2n) is 9.18. The fourth-order valence-corrected chi connectivity index (χ4v) is 5.26. The van der Waals surface area contributed by atoms with Crippen LogP contribution in [0, 0.1) is 44.1 Å². The molecule has 0 unspecified atom stereocenters. The Bertz CT molecular complexity index is 1230. The molecule has 3 N–H and O–H groups in total. The van der Waals surface area contributed by atoms with Gasteiger partial charge in [-0.05, 0) is 26.7 Å². The average molecular weight is 703 g/mol. The Balaban J connectivity index is 0.00000289. The molecule has 3 aromatic heterocycles. The fraction of sp³-hybridized carbons (Fsp3) is 0.440. The zero-order valence-corrected chi connectivity index (χ0v) is 25.8. The summed E-state index contributed by atoms with van der Waals surface area (Å²) in [4.78, 5) is 20.1. The Morgan fingerprint density at radius 2 is 1.86 bits per heavy atom. The first-order valence-corrected chi connectivity index (χ1v) is 12.8. The van der Waals surface area contributed by atoms with Gasteiger partial charge in [-0.15, -0.1) is 17.4 Å². The van der Waals surface area contributed by atoms with Gasteiger partial charge in [-0.1, -0.05) is 43.2 Å². The minimum absolute atomic E-state index is 0. The van der Waals surface area contributed by atoms with E-state index in [4.69, 9.17) is 15.7 Å². The van der Waals surface area contributed by atoms with Crippen LogP contribution in [0.25, 0.3) is 27.5 Å². The number of hydrogen-bond donors (Lipinski definition) is 2. The van der Waals surface area contributed by atoms with Crippen molar-refractivity contribution in [2.75, 3.05) is 17.2 Å². The van der Waals surface area contributed by atoms with Gasteiger partial charge in [0, 0.05) is 85.7 Å². The first kappa shape index (κ1) is 26.5. The van der Waals surface area contributed by atoms with Crippen molar-refractivity contribution in [3.05, 3.63) is 53.5 Å². The summed E-state index contributed by atoms with van der Waals surface area (Å²) in [6, 6.07) is 10.9.